The number of piperidine rings is 1. The molecule has 1 saturated heterocycles. The summed E-state index contributed by atoms with van der Waals surface area (Å²) in [6.07, 6.45) is 0.863. The molecule has 2 atom stereocenters. The van der Waals surface area contributed by atoms with Crippen molar-refractivity contribution in [3.63, 3.8) is 0 Å². The molecular weight excluding hydrogens is 322 g/mol. The Bertz CT molecular complexity index is 791. The van der Waals surface area contributed by atoms with Crippen LogP contribution in [-0.2, 0) is 0 Å². The molecule has 0 aromatic heterocycles. The van der Waals surface area contributed by atoms with E-state index in [0.717, 1.165) is 19.5 Å². The molecule has 2 aromatic carbocycles. The second kappa shape index (κ2) is 7.31. The molecule has 0 saturated carbocycles. The average molecular weight is 344 g/mol. The molecule has 1 fully saturated rings. The fourth-order valence-corrected chi connectivity index (χ4v) is 3.28. The maximum absolute atomic E-state index is 14.5. The van der Waals surface area contributed by atoms with Crippen molar-refractivity contribution in [2.75, 3.05) is 13.1 Å². The Morgan fingerprint density at radius 2 is 1.92 bits per heavy atom. The highest BCUT2D eigenvalue weighted by molar-refractivity contribution is 5.95. The number of carbonyl (C=O) groups excluding carboxylic acids is 1. The predicted octanol–water partition coefficient (Wildman–Crippen LogP) is 3.67. The summed E-state index contributed by atoms with van der Waals surface area (Å²) in [6.45, 7) is 5.55. The van der Waals surface area contributed by atoms with E-state index in [0.29, 0.717) is 28.2 Å². The Kier molecular flexibility index (Phi) is 5.13. The van der Waals surface area contributed by atoms with Gasteiger partial charge in [0.1, 0.15) is 11.6 Å². The van der Waals surface area contributed by atoms with Crippen LogP contribution in [-0.4, -0.2) is 25.0 Å². The van der Waals surface area contributed by atoms with E-state index >= 15 is 0 Å². The number of amides is 1. The van der Waals surface area contributed by atoms with Gasteiger partial charge in [-0.1, -0.05) is 19.1 Å². The van der Waals surface area contributed by atoms with Crippen LogP contribution in [0.1, 0.15) is 29.3 Å². The van der Waals surface area contributed by atoms with Crippen molar-refractivity contribution in [2.24, 2.45) is 5.92 Å². The monoisotopic (exact) mass is 344 g/mol. The smallest absolute Gasteiger partial charge is 0.251 e. The summed E-state index contributed by atoms with van der Waals surface area (Å²) in [7, 11) is 0. The van der Waals surface area contributed by atoms with Gasteiger partial charge >= 0.3 is 0 Å². The molecular formula is C20H22F2N2O. The molecule has 2 N–H and O–H groups in total. The maximum atomic E-state index is 14.5. The van der Waals surface area contributed by atoms with Crippen molar-refractivity contribution in [1.29, 1.82) is 0 Å². The van der Waals surface area contributed by atoms with E-state index in [-0.39, 0.29) is 17.8 Å². The number of halogens is 2. The molecule has 25 heavy (non-hydrogen) atoms. The van der Waals surface area contributed by atoms with Crippen LogP contribution in [0.25, 0.3) is 11.1 Å². The third-order valence-corrected chi connectivity index (χ3v) is 4.81. The van der Waals surface area contributed by atoms with Gasteiger partial charge in [-0.2, -0.15) is 0 Å². The normalized spacial score (nSPS) is 20.3. The highest BCUT2D eigenvalue weighted by Gasteiger charge is 2.23. The summed E-state index contributed by atoms with van der Waals surface area (Å²) in [5, 5.41) is 6.28. The Morgan fingerprint density at radius 3 is 2.60 bits per heavy atom. The molecule has 0 spiro atoms. The SMILES string of the molecule is Cc1cc(F)ccc1-c1ccc(C(=O)NC2CCNCC2C)cc1F. The number of benzene rings is 2. The van der Waals surface area contributed by atoms with Gasteiger partial charge in [0.2, 0.25) is 0 Å². The molecule has 0 radical (unpaired) electrons. The predicted molar refractivity (Wildman–Crippen MR) is 94.4 cm³/mol. The summed E-state index contributed by atoms with van der Waals surface area (Å²) in [6, 6.07) is 8.77. The lowest BCUT2D eigenvalue weighted by Gasteiger charge is -2.30. The van der Waals surface area contributed by atoms with Crippen molar-refractivity contribution in [3.05, 3.63) is 59.2 Å². The number of hydrogen-bond donors (Lipinski definition) is 2. The van der Waals surface area contributed by atoms with Gasteiger partial charge in [0.05, 0.1) is 0 Å². The minimum absolute atomic E-state index is 0.0934. The topological polar surface area (TPSA) is 41.1 Å². The van der Waals surface area contributed by atoms with Gasteiger partial charge in [0, 0.05) is 17.2 Å². The van der Waals surface area contributed by atoms with Crippen LogP contribution < -0.4 is 10.6 Å². The van der Waals surface area contributed by atoms with E-state index in [4.69, 9.17) is 0 Å². The minimum atomic E-state index is -0.485. The highest BCUT2D eigenvalue weighted by Crippen LogP contribution is 2.27. The average Bonchev–Trinajstić information content (AvgIpc) is 2.57. The molecule has 3 rings (SSSR count). The maximum Gasteiger partial charge on any atom is 0.251 e. The van der Waals surface area contributed by atoms with E-state index < -0.39 is 5.82 Å². The quantitative estimate of drug-likeness (QED) is 0.892. The van der Waals surface area contributed by atoms with Crippen molar-refractivity contribution in [3.8, 4) is 11.1 Å². The lowest BCUT2D eigenvalue weighted by atomic mass is 9.94. The molecule has 1 aliphatic rings. The molecule has 5 heteroatoms. The summed E-state index contributed by atoms with van der Waals surface area (Å²) in [5.74, 6) is -0.766. The van der Waals surface area contributed by atoms with Crippen molar-refractivity contribution in [1.82, 2.24) is 10.6 Å². The lowest BCUT2D eigenvalue weighted by molar-refractivity contribution is 0.0914. The number of aryl methyl sites for hydroxylation is 1. The molecule has 0 aliphatic carbocycles. The van der Waals surface area contributed by atoms with Crippen LogP contribution in [0.3, 0.4) is 0 Å². The van der Waals surface area contributed by atoms with Gasteiger partial charge in [0.15, 0.2) is 0 Å². The standard InChI is InChI=1S/C20H22F2N2O/c1-12-9-15(21)4-6-16(12)17-5-3-14(10-18(17)22)20(25)24-19-7-8-23-11-13(19)2/h3-6,9-10,13,19,23H,7-8,11H2,1-2H3,(H,24,25). The third-order valence-electron chi connectivity index (χ3n) is 4.81. The van der Waals surface area contributed by atoms with Crippen LogP contribution >= 0.6 is 0 Å². The highest BCUT2D eigenvalue weighted by atomic mass is 19.1. The van der Waals surface area contributed by atoms with Gasteiger partial charge in [-0.15, -0.1) is 0 Å². The van der Waals surface area contributed by atoms with Gasteiger partial charge in [-0.25, -0.2) is 8.78 Å². The second-order valence-electron chi connectivity index (χ2n) is 6.70. The van der Waals surface area contributed by atoms with Gasteiger partial charge in [0.25, 0.3) is 5.91 Å². The van der Waals surface area contributed by atoms with Crippen LogP contribution in [0.2, 0.25) is 0 Å². The molecule has 3 nitrogen and oxygen atoms in total. The molecule has 2 unspecified atom stereocenters. The van der Waals surface area contributed by atoms with E-state index in [9.17, 15) is 13.6 Å². The molecule has 1 amide bonds. The summed E-state index contributed by atoms with van der Waals surface area (Å²) < 4.78 is 27.8. The van der Waals surface area contributed by atoms with Crippen LogP contribution in [0.15, 0.2) is 36.4 Å². The zero-order chi connectivity index (χ0) is 18.0. The summed E-state index contributed by atoms with van der Waals surface area (Å²) >= 11 is 0. The minimum Gasteiger partial charge on any atom is -0.349 e. The Balaban J connectivity index is 1.80. The molecule has 2 aromatic rings. The first-order valence-corrected chi connectivity index (χ1v) is 8.53. The third kappa shape index (κ3) is 3.87. The fourth-order valence-electron chi connectivity index (χ4n) is 3.28. The Hall–Kier alpha value is -2.27. The van der Waals surface area contributed by atoms with Crippen LogP contribution in [0.5, 0.6) is 0 Å². The number of rotatable bonds is 3. The number of nitrogens with one attached hydrogen (secondary N) is 2. The van der Waals surface area contributed by atoms with E-state index in [1.807, 2.05) is 0 Å². The van der Waals surface area contributed by atoms with Gasteiger partial charge in [-0.05, 0) is 67.7 Å². The van der Waals surface area contributed by atoms with Crippen molar-refractivity contribution in [2.45, 2.75) is 26.3 Å². The van der Waals surface area contributed by atoms with Gasteiger partial charge in [-0.3, -0.25) is 4.79 Å². The second-order valence-corrected chi connectivity index (χ2v) is 6.70. The summed E-state index contributed by atoms with van der Waals surface area (Å²) in [4.78, 5) is 12.4. The zero-order valence-corrected chi connectivity index (χ0v) is 14.4. The number of carbonyl (C=O) groups is 1. The molecule has 1 aliphatic heterocycles. The molecule has 132 valence electrons. The largest absolute Gasteiger partial charge is 0.349 e. The Labute approximate surface area is 146 Å². The van der Waals surface area contributed by atoms with E-state index in [2.05, 4.69) is 17.6 Å². The zero-order valence-electron chi connectivity index (χ0n) is 14.4. The van der Waals surface area contributed by atoms with Crippen LogP contribution in [0, 0.1) is 24.5 Å². The van der Waals surface area contributed by atoms with E-state index in [1.54, 1.807) is 25.1 Å². The first-order chi connectivity index (χ1) is 12.0. The summed E-state index contributed by atoms with van der Waals surface area (Å²) in [5.41, 5.74) is 1.94. The van der Waals surface area contributed by atoms with Crippen LogP contribution in [0.4, 0.5) is 8.78 Å². The van der Waals surface area contributed by atoms with Crippen molar-refractivity contribution >= 4 is 5.91 Å². The number of hydrogen-bond acceptors (Lipinski definition) is 2. The van der Waals surface area contributed by atoms with Crippen molar-refractivity contribution < 1.29 is 13.6 Å². The molecule has 1 heterocycles. The first kappa shape index (κ1) is 17.5. The first-order valence-electron chi connectivity index (χ1n) is 8.53. The lowest BCUT2D eigenvalue weighted by Crippen LogP contribution is -2.48. The Morgan fingerprint density at radius 1 is 1.16 bits per heavy atom. The molecule has 0 bridgehead atoms. The van der Waals surface area contributed by atoms with Gasteiger partial charge < -0.3 is 10.6 Å². The fraction of sp³-hybridized carbons (Fsp3) is 0.350. The van der Waals surface area contributed by atoms with E-state index in [1.165, 1.54) is 18.2 Å².